The third-order valence-corrected chi connectivity index (χ3v) is 5.93. The molecule has 0 saturated carbocycles. The first-order valence-electron chi connectivity index (χ1n) is 9.21. The molecule has 156 valence electrons. The Morgan fingerprint density at radius 1 is 1.13 bits per heavy atom. The summed E-state index contributed by atoms with van der Waals surface area (Å²) < 4.78 is 5.76. The SMILES string of the molecule is Cc1ccc(N=C2NC(=O)/C(=C/c3ccc(-c4ccc(Cl)c([N+](=O)[O-])c4)o3)S2)cc1C. The largest absolute Gasteiger partial charge is 0.457 e. The van der Waals surface area contributed by atoms with Crippen molar-refractivity contribution in [3.63, 3.8) is 0 Å². The van der Waals surface area contributed by atoms with Gasteiger partial charge in [-0.3, -0.25) is 14.9 Å². The Labute approximate surface area is 187 Å². The van der Waals surface area contributed by atoms with E-state index in [1.165, 1.54) is 29.5 Å². The lowest BCUT2D eigenvalue weighted by molar-refractivity contribution is -0.384. The van der Waals surface area contributed by atoms with Gasteiger partial charge in [0.15, 0.2) is 5.17 Å². The maximum absolute atomic E-state index is 12.3. The van der Waals surface area contributed by atoms with Crippen LogP contribution in [0.2, 0.25) is 5.02 Å². The van der Waals surface area contributed by atoms with E-state index >= 15 is 0 Å². The van der Waals surface area contributed by atoms with Crippen molar-refractivity contribution in [3.05, 3.63) is 85.5 Å². The molecule has 1 aromatic heterocycles. The highest BCUT2D eigenvalue weighted by atomic mass is 35.5. The van der Waals surface area contributed by atoms with Crippen LogP contribution in [-0.2, 0) is 4.79 Å². The second-order valence-electron chi connectivity index (χ2n) is 6.88. The zero-order valence-electron chi connectivity index (χ0n) is 16.5. The van der Waals surface area contributed by atoms with Crippen LogP contribution in [0.3, 0.4) is 0 Å². The second kappa shape index (κ2) is 8.41. The molecule has 9 heteroatoms. The molecule has 0 bridgehead atoms. The number of benzene rings is 2. The van der Waals surface area contributed by atoms with Crippen LogP contribution in [0.15, 0.2) is 62.8 Å². The molecule has 0 unspecified atom stereocenters. The van der Waals surface area contributed by atoms with Gasteiger partial charge >= 0.3 is 0 Å². The summed E-state index contributed by atoms with van der Waals surface area (Å²) in [7, 11) is 0. The zero-order chi connectivity index (χ0) is 22.1. The van der Waals surface area contributed by atoms with Gasteiger partial charge in [-0.2, -0.15) is 0 Å². The van der Waals surface area contributed by atoms with E-state index in [-0.39, 0.29) is 16.6 Å². The van der Waals surface area contributed by atoms with Gasteiger partial charge in [-0.05, 0) is 73.1 Å². The number of aryl methyl sites for hydroxylation is 2. The number of amides is 1. The molecule has 1 saturated heterocycles. The molecule has 2 heterocycles. The third-order valence-electron chi connectivity index (χ3n) is 4.70. The first-order chi connectivity index (χ1) is 14.8. The Morgan fingerprint density at radius 3 is 2.68 bits per heavy atom. The summed E-state index contributed by atoms with van der Waals surface area (Å²) in [6, 6.07) is 13.6. The molecule has 1 aliphatic heterocycles. The Morgan fingerprint density at radius 2 is 1.94 bits per heavy atom. The van der Waals surface area contributed by atoms with E-state index in [1.807, 2.05) is 32.0 Å². The number of hydrogen-bond donors (Lipinski definition) is 1. The average molecular weight is 454 g/mol. The van der Waals surface area contributed by atoms with Gasteiger partial charge in [0, 0.05) is 17.7 Å². The van der Waals surface area contributed by atoms with Crippen LogP contribution in [0.5, 0.6) is 0 Å². The molecule has 0 atom stereocenters. The molecule has 7 nitrogen and oxygen atoms in total. The molecule has 4 rings (SSSR count). The third kappa shape index (κ3) is 4.55. The van der Waals surface area contributed by atoms with Crippen LogP contribution in [0, 0.1) is 24.0 Å². The maximum Gasteiger partial charge on any atom is 0.288 e. The molecular weight excluding hydrogens is 438 g/mol. The summed E-state index contributed by atoms with van der Waals surface area (Å²) in [5.74, 6) is 0.601. The molecule has 3 aromatic rings. The molecule has 1 amide bonds. The molecule has 31 heavy (non-hydrogen) atoms. The lowest BCUT2D eigenvalue weighted by atomic mass is 10.1. The number of nitro benzene ring substituents is 1. The minimum Gasteiger partial charge on any atom is -0.457 e. The number of nitrogens with one attached hydrogen (secondary N) is 1. The molecule has 0 spiro atoms. The predicted octanol–water partition coefficient (Wildman–Crippen LogP) is 6.02. The monoisotopic (exact) mass is 453 g/mol. The number of nitro groups is 1. The summed E-state index contributed by atoms with van der Waals surface area (Å²) >= 11 is 7.08. The number of rotatable bonds is 4. The van der Waals surface area contributed by atoms with E-state index in [0.717, 1.165) is 11.3 Å². The molecule has 0 radical (unpaired) electrons. The van der Waals surface area contributed by atoms with Gasteiger partial charge in [0.25, 0.3) is 11.6 Å². The number of carbonyl (C=O) groups is 1. The van der Waals surface area contributed by atoms with E-state index in [1.54, 1.807) is 24.3 Å². The van der Waals surface area contributed by atoms with E-state index in [4.69, 9.17) is 16.0 Å². The predicted molar refractivity (Wildman–Crippen MR) is 123 cm³/mol. The fourth-order valence-corrected chi connectivity index (χ4v) is 3.92. The quantitative estimate of drug-likeness (QED) is 0.296. The van der Waals surface area contributed by atoms with Crippen molar-refractivity contribution < 1.29 is 14.1 Å². The number of aliphatic imine (C=N–C) groups is 1. The molecule has 0 aliphatic carbocycles. The zero-order valence-corrected chi connectivity index (χ0v) is 18.1. The summed E-state index contributed by atoms with van der Waals surface area (Å²) in [4.78, 5) is 27.8. The van der Waals surface area contributed by atoms with Crippen molar-refractivity contribution in [1.82, 2.24) is 5.32 Å². The molecule has 2 aromatic carbocycles. The Bertz CT molecular complexity index is 1280. The van der Waals surface area contributed by atoms with Crippen LogP contribution in [0.25, 0.3) is 17.4 Å². The lowest BCUT2D eigenvalue weighted by Crippen LogP contribution is -2.19. The lowest BCUT2D eigenvalue weighted by Gasteiger charge is -2.01. The average Bonchev–Trinajstić information content (AvgIpc) is 3.32. The number of hydrogen-bond acceptors (Lipinski definition) is 6. The number of halogens is 1. The fraction of sp³-hybridized carbons (Fsp3) is 0.0909. The van der Waals surface area contributed by atoms with Crippen molar-refractivity contribution in [1.29, 1.82) is 0 Å². The van der Waals surface area contributed by atoms with E-state index in [2.05, 4.69) is 10.3 Å². The first kappa shape index (κ1) is 20.9. The second-order valence-corrected chi connectivity index (χ2v) is 8.31. The highest BCUT2D eigenvalue weighted by molar-refractivity contribution is 8.18. The van der Waals surface area contributed by atoms with Gasteiger partial charge in [-0.25, -0.2) is 4.99 Å². The summed E-state index contributed by atoms with van der Waals surface area (Å²) in [6.45, 7) is 4.04. The van der Waals surface area contributed by atoms with Crippen molar-refractivity contribution in [2.45, 2.75) is 13.8 Å². The minimum atomic E-state index is -0.548. The van der Waals surface area contributed by atoms with Gasteiger partial charge in [0.05, 0.1) is 15.5 Å². The first-order valence-corrected chi connectivity index (χ1v) is 10.4. The highest BCUT2D eigenvalue weighted by Gasteiger charge is 2.24. The molecule has 1 fully saturated rings. The Kier molecular flexibility index (Phi) is 5.67. The van der Waals surface area contributed by atoms with Gasteiger partial charge < -0.3 is 9.73 Å². The van der Waals surface area contributed by atoms with Crippen LogP contribution >= 0.6 is 23.4 Å². The minimum absolute atomic E-state index is 0.0530. The number of thioether (sulfide) groups is 1. The van der Waals surface area contributed by atoms with Crippen LogP contribution in [0.4, 0.5) is 11.4 Å². The molecule has 1 N–H and O–H groups in total. The smallest absolute Gasteiger partial charge is 0.288 e. The van der Waals surface area contributed by atoms with Gasteiger partial charge in [0.1, 0.15) is 16.5 Å². The Hall–Kier alpha value is -3.36. The number of amidine groups is 1. The topological polar surface area (TPSA) is 97.7 Å². The Balaban J connectivity index is 1.56. The van der Waals surface area contributed by atoms with E-state index in [9.17, 15) is 14.9 Å². The maximum atomic E-state index is 12.3. The van der Waals surface area contributed by atoms with Gasteiger partial charge in [0.2, 0.25) is 0 Å². The normalized spacial score (nSPS) is 16.2. The summed E-state index contributed by atoms with van der Waals surface area (Å²) in [5.41, 5.74) is 3.37. The summed E-state index contributed by atoms with van der Waals surface area (Å²) in [5, 5.41) is 14.4. The van der Waals surface area contributed by atoms with E-state index < -0.39 is 4.92 Å². The number of carbonyl (C=O) groups excluding carboxylic acids is 1. The van der Waals surface area contributed by atoms with Crippen LogP contribution in [0.1, 0.15) is 16.9 Å². The summed E-state index contributed by atoms with van der Waals surface area (Å²) in [6.07, 6.45) is 1.61. The van der Waals surface area contributed by atoms with Gasteiger partial charge in [-0.15, -0.1) is 0 Å². The van der Waals surface area contributed by atoms with E-state index in [0.29, 0.717) is 27.2 Å². The van der Waals surface area contributed by atoms with Crippen LogP contribution < -0.4 is 5.32 Å². The van der Waals surface area contributed by atoms with Crippen LogP contribution in [-0.4, -0.2) is 16.0 Å². The van der Waals surface area contributed by atoms with Crippen molar-refractivity contribution in [2.24, 2.45) is 4.99 Å². The van der Waals surface area contributed by atoms with Crippen molar-refractivity contribution in [3.8, 4) is 11.3 Å². The standard InChI is InChI=1S/C22H16ClN3O4S/c1-12-3-5-15(9-13(12)2)24-22-25-21(27)20(31-22)11-16-6-8-19(30-16)14-4-7-17(23)18(10-14)26(28)29/h3-11H,1-2H3,(H,24,25,27)/b20-11-. The fourth-order valence-electron chi connectivity index (χ4n) is 2.91. The molecule has 1 aliphatic rings. The highest BCUT2D eigenvalue weighted by Crippen LogP contribution is 2.33. The number of nitrogens with zero attached hydrogens (tertiary/aromatic N) is 2. The molecular formula is C22H16ClN3O4S. The van der Waals surface area contributed by atoms with Crippen molar-refractivity contribution in [2.75, 3.05) is 0 Å². The number of furan rings is 1. The van der Waals surface area contributed by atoms with Crippen molar-refractivity contribution >= 4 is 51.9 Å². The van der Waals surface area contributed by atoms with Gasteiger partial charge in [-0.1, -0.05) is 17.7 Å².